The molecule has 2 N–H and O–H groups in total. The van der Waals surface area contributed by atoms with Crippen molar-refractivity contribution in [3.8, 4) is 11.3 Å². The highest BCUT2D eigenvalue weighted by atomic mass is 16.5. The molecule has 140 valence electrons. The normalized spacial score (nSPS) is 14.3. The van der Waals surface area contributed by atoms with Gasteiger partial charge in [-0.05, 0) is 0 Å². The first-order valence-electron chi connectivity index (χ1n) is 8.88. The topological polar surface area (TPSA) is 93.5 Å². The second-order valence-electron chi connectivity index (χ2n) is 6.44. The number of ether oxygens (including phenoxy) is 1. The highest BCUT2D eigenvalue weighted by molar-refractivity contribution is 5.59. The van der Waals surface area contributed by atoms with Crippen LogP contribution in [-0.4, -0.2) is 48.5 Å². The quantitative estimate of drug-likeness (QED) is 0.734. The van der Waals surface area contributed by atoms with E-state index < -0.39 is 0 Å². The number of nitrogens with zero attached hydrogens (tertiary/aromatic N) is 5. The van der Waals surface area contributed by atoms with Crippen LogP contribution in [-0.2, 0) is 11.3 Å². The van der Waals surface area contributed by atoms with E-state index in [0.717, 1.165) is 41.7 Å². The van der Waals surface area contributed by atoms with Crippen molar-refractivity contribution in [2.45, 2.75) is 6.54 Å². The lowest BCUT2D eigenvalue weighted by molar-refractivity contribution is 0.122. The Morgan fingerprint density at radius 3 is 2.67 bits per heavy atom. The minimum atomic E-state index is 0.253. The Morgan fingerprint density at radius 1 is 1.11 bits per heavy atom. The van der Waals surface area contributed by atoms with E-state index in [1.807, 2.05) is 54.4 Å². The molecule has 3 aromatic rings. The van der Waals surface area contributed by atoms with Gasteiger partial charge in [0.25, 0.3) is 0 Å². The fourth-order valence-electron chi connectivity index (χ4n) is 3.04. The molecule has 4 rings (SSSR count). The molecular formula is C19H22N6O2. The molecule has 0 spiro atoms. The fourth-order valence-corrected chi connectivity index (χ4v) is 3.04. The van der Waals surface area contributed by atoms with Gasteiger partial charge >= 0.3 is 0 Å². The van der Waals surface area contributed by atoms with Gasteiger partial charge in [0.1, 0.15) is 17.3 Å². The average molecular weight is 366 g/mol. The number of hydrogen-bond donors (Lipinski definition) is 1. The van der Waals surface area contributed by atoms with Gasteiger partial charge in [0, 0.05) is 37.8 Å². The number of nitrogen functional groups attached to an aromatic ring is 1. The van der Waals surface area contributed by atoms with Crippen molar-refractivity contribution >= 4 is 17.6 Å². The summed E-state index contributed by atoms with van der Waals surface area (Å²) in [5, 5.41) is 4.16. The average Bonchev–Trinajstić information content (AvgIpc) is 3.17. The molecule has 8 heteroatoms. The molecule has 1 fully saturated rings. The summed E-state index contributed by atoms with van der Waals surface area (Å²) < 4.78 is 10.9. The van der Waals surface area contributed by atoms with Crippen molar-refractivity contribution in [3.63, 3.8) is 0 Å². The van der Waals surface area contributed by atoms with Crippen LogP contribution in [0.4, 0.5) is 17.6 Å². The monoisotopic (exact) mass is 366 g/mol. The van der Waals surface area contributed by atoms with Crippen LogP contribution in [0.5, 0.6) is 0 Å². The van der Waals surface area contributed by atoms with E-state index in [-0.39, 0.29) is 5.95 Å². The van der Waals surface area contributed by atoms with Gasteiger partial charge in [-0.1, -0.05) is 35.5 Å². The molecule has 1 aliphatic heterocycles. The molecule has 0 saturated carbocycles. The number of aromatic nitrogens is 3. The lowest BCUT2D eigenvalue weighted by Crippen LogP contribution is -2.37. The van der Waals surface area contributed by atoms with Gasteiger partial charge < -0.3 is 24.8 Å². The molecule has 0 aliphatic carbocycles. The largest absolute Gasteiger partial charge is 0.378 e. The van der Waals surface area contributed by atoms with Crippen LogP contribution in [0.25, 0.3) is 11.3 Å². The molecule has 0 amide bonds. The van der Waals surface area contributed by atoms with Crippen molar-refractivity contribution < 1.29 is 9.26 Å². The molecular weight excluding hydrogens is 344 g/mol. The standard InChI is InChI=1S/C19H22N6O2/c1-24(13-15-11-16(23-27-15)14-5-3-2-4-6-14)17-12-18(22-19(20)21-17)25-7-9-26-10-8-25/h2-6,11-12H,7-10,13H2,1H3,(H2,20,21,22). The zero-order valence-electron chi connectivity index (χ0n) is 15.2. The van der Waals surface area contributed by atoms with Crippen molar-refractivity contribution in [1.82, 2.24) is 15.1 Å². The number of rotatable bonds is 5. The molecule has 0 bridgehead atoms. The third-order valence-corrected chi connectivity index (χ3v) is 4.46. The van der Waals surface area contributed by atoms with Gasteiger partial charge in [0.05, 0.1) is 19.8 Å². The molecule has 3 heterocycles. The predicted molar refractivity (Wildman–Crippen MR) is 104 cm³/mol. The van der Waals surface area contributed by atoms with E-state index in [0.29, 0.717) is 19.8 Å². The summed E-state index contributed by atoms with van der Waals surface area (Å²) in [7, 11) is 1.94. The molecule has 0 radical (unpaired) electrons. The van der Waals surface area contributed by atoms with Gasteiger partial charge in [0.2, 0.25) is 5.95 Å². The minimum absolute atomic E-state index is 0.253. The molecule has 2 aromatic heterocycles. The summed E-state index contributed by atoms with van der Waals surface area (Å²) in [6.07, 6.45) is 0. The number of morpholine rings is 1. The van der Waals surface area contributed by atoms with E-state index >= 15 is 0 Å². The van der Waals surface area contributed by atoms with E-state index in [2.05, 4.69) is 20.0 Å². The number of anilines is 3. The predicted octanol–water partition coefficient (Wildman–Crippen LogP) is 2.19. The van der Waals surface area contributed by atoms with Crippen LogP contribution in [0.15, 0.2) is 47.0 Å². The first-order valence-corrected chi connectivity index (χ1v) is 8.88. The smallest absolute Gasteiger partial charge is 0.223 e. The molecule has 0 unspecified atom stereocenters. The molecule has 8 nitrogen and oxygen atoms in total. The third-order valence-electron chi connectivity index (χ3n) is 4.46. The SMILES string of the molecule is CN(Cc1cc(-c2ccccc2)no1)c1cc(N2CCOCC2)nc(N)n1. The van der Waals surface area contributed by atoms with Gasteiger partial charge in [-0.25, -0.2) is 0 Å². The van der Waals surface area contributed by atoms with Crippen molar-refractivity contribution in [2.75, 3.05) is 48.9 Å². The maximum atomic E-state index is 5.93. The third kappa shape index (κ3) is 4.01. The summed E-state index contributed by atoms with van der Waals surface area (Å²) in [5.74, 6) is 2.56. The first kappa shape index (κ1) is 17.3. The first-order chi connectivity index (χ1) is 13.2. The Morgan fingerprint density at radius 2 is 1.89 bits per heavy atom. The second kappa shape index (κ2) is 7.63. The van der Waals surface area contributed by atoms with Crippen LogP contribution >= 0.6 is 0 Å². The molecule has 1 aromatic carbocycles. The van der Waals surface area contributed by atoms with Gasteiger partial charge in [0.15, 0.2) is 5.76 Å². The van der Waals surface area contributed by atoms with Crippen LogP contribution in [0.3, 0.4) is 0 Å². The number of nitrogens with two attached hydrogens (primary N) is 1. The second-order valence-corrected chi connectivity index (χ2v) is 6.44. The molecule has 1 saturated heterocycles. The zero-order chi connectivity index (χ0) is 18.6. The summed E-state index contributed by atoms with van der Waals surface area (Å²) >= 11 is 0. The summed E-state index contributed by atoms with van der Waals surface area (Å²) in [4.78, 5) is 12.9. The Kier molecular flexibility index (Phi) is 4.88. The maximum Gasteiger partial charge on any atom is 0.223 e. The fraction of sp³-hybridized carbons (Fsp3) is 0.316. The molecule has 1 aliphatic rings. The molecule has 0 atom stereocenters. The summed E-state index contributed by atoms with van der Waals surface area (Å²) in [6.45, 7) is 3.49. The van der Waals surface area contributed by atoms with E-state index in [9.17, 15) is 0 Å². The van der Waals surface area contributed by atoms with Crippen LogP contribution in [0.1, 0.15) is 5.76 Å². The van der Waals surface area contributed by atoms with Crippen molar-refractivity contribution in [3.05, 3.63) is 48.2 Å². The lowest BCUT2D eigenvalue weighted by atomic mass is 10.1. The van der Waals surface area contributed by atoms with E-state index in [1.54, 1.807) is 0 Å². The van der Waals surface area contributed by atoms with Crippen molar-refractivity contribution in [2.24, 2.45) is 0 Å². The Balaban J connectivity index is 1.50. The van der Waals surface area contributed by atoms with Gasteiger partial charge in [-0.3, -0.25) is 0 Å². The zero-order valence-corrected chi connectivity index (χ0v) is 15.2. The van der Waals surface area contributed by atoms with Crippen LogP contribution in [0, 0.1) is 0 Å². The van der Waals surface area contributed by atoms with E-state index in [4.69, 9.17) is 15.0 Å². The Hall–Kier alpha value is -3.13. The van der Waals surface area contributed by atoms with Crippen LogP contribution < -0.4 is 15.5 Å². The van der Waals surface area contributed by atoms with Gasteiger partial charge in [-0.2, -0.15) is 9.97 Å². The Labute approximate surface area is 157 Å². The van der Waals surface area contributed by atoms with Crippen LogP contribution in [0.2, 0.25) is 0 Å². The van der Waals surface area contributed by atoms with E-state index in [1.165, 1.54) is 0 Å². The minimum Gasteiger partial charge on any atom is -0.378 e. The molecule has 27 heavy (non-hydrogen) atoms. The highest BCUT2D eigenvalue weighted by Gasteiger charge is 2.17. The lowest BCUT2D eigenvalue weighted by Gasteiger charge is -2.28. The maximum absolute atomic E-state index is 5.93. The summed E-state index contributed by atoms with van der Waals surface area (Å²) in [6, 6.07) is 13.8. The summed E-state index contributed by atoms with van der Waals surface area (Å²) in [5.41, 5.74) is 7.77. The van der Waals surface area contributed by atoms with Gasteiger partial charge in [-0.15, -0.1) is 0 Å². The highest BCUT2D eigenvalue weighted by Crippen LogP contribution is 2.23. The Bertz CT molecular complexity index is 892. The number of benzene rings is 1. The van der Waals surface area contributed by atoms with Crippen molar-refractivity contribution in [1.29, 1.82) is 0 Å². The number of hydrogen-bond acceptors (Lipinski definition) is 8.